The molecule has 142 valence electrons. The molecule has 0 spiro atoms. The number of hydrogen-bond acceptors (Lipinski definition) is 6. The van der Waals surface area contributed by atoms with Crippen LogP contribution in [0.25, 0.3) is 22.6 Å². The Hall–Kier alpha value is -3.17. The highest BCUT2D eigenvalue weighted by atomic mass is 16.4. The van der Waals surface area contributed by atoms with E-state index in [1.165, 1.54) is 11.2 Å². The number of likely N-dealkylation sites (tertiary alicyclic amines) is 1. The summed E-state index contributed by atoms with van der Waals surface area (Å²) in [6, 6.07) is 0.00855. The lowest BCUT2D eigenvalue weighted by Gasteiger charge is -2.14. The summed E-state index contributed by atoms with van der Waals surface area (Å²) in [5.41, 5.74) is 3.40. The molecule has 0 unspecified atom stereocenters. The third kappa shape index (κ3) is 2.86. The summed E-state index contributed by atoms with van der Waals surface area (Å²) in [5, 5.41) is 16.9. The van der Waals surface area contributed by atoms with E-state index in [0.29, 0.717) is 24.4 Å². The average Bonchev–Trinajstić information content (AvgIpc) is 3.34. The zero-order chi connectivity index (χ0) is 19.1. The van der Waals surface area contributed by atoms with E-state index in [1.54, 1.807) is 0 Å². The minimum Gasteiger partial charge on any atom is -0.465 e. The number of aromatic nitrogens is 6. The number of nitrogens with one attached hydrogen (secondary N) is 1. The second kappa shape index (κ2) is 6.53. The highest BCUT2D eigenvalue weighted by Crippen LogP contribution is 2.28. The van der Waals surface area contributed by atoms with Crippen molar-refractivity contribution in [2.45, 2.75) is 32.9 Å². The van der Waals surface area contributed by atoms with E-state index >= 15 is 0 Å². The van der Waals surface area contributed by atoms with Crippen molar-refractivity contribution in [2.24, 2.45) is 7.05 Å². The summed E-state index contributed by atoms with van der Waals surface area (Å²) >= 11 is 0. The van der Waals surface area contributed by atoms with Gasteiger partial charge >= 0.3 is 6.09 Å². The molecule has 0 radical (unpaired) electrons. The quantitative estimate of drug-likeness (QED) is 0.719. The molecule has 1 saturated heterocycles. The second-order valence-corrected chi connectivity index (χ2v) is 6.71. The SMILES string of the molecule is CCn1ncc(-c2nc3c(N[C@H]4CCN(C(=O)O)C4)ncnc3n2C)c1C. The fourth-order valence-corrected chi connectivity index (χ4v) is 3.58. The minimum absolute atomic E-state index is 0.00855. The molecule has 2 N–H and O–H groups in total. The van der Waals surface area contributed by atoms with Crippen LogP contribution < -0.4 is 5.32 Å². The largest absolute Gasteiger partial charge is 0.465 e. The van der Waals surface area contributed by atoms with Crippen molar-refractivity contribution in [2.75, 3.05) is 18.4 Å². The van der Waals surface area contributed by atoms with Crippen molar-refractivity contribution >= 4 is 23.1 Å². The van der Waals surface area contributed by atoms with Gasteiger partial charge in [-0.25, -0.2) is 19.7 Å². The third-order valence-corrected chi connectivity index (χ3v) is 5.10. The van der Waals surface area contributed by atoms with Gasteiger partial charge in [0.05, 0.1) is 11.8 Å². The van der Waals surface area contributed by atoms with Crippen LogP contribution in [0.2, 0.25) is 0 Å². The lowest BCUT2D eigenvalue weighted by atomic mass is 10.2. The maximum atomic E-state index is 11.1. The van der Waals surface area contributed by atoms with Crippen LogP contribution in [0.3, 0.4) is 0 Å². The summed E-state index contributed by atoms with van der Waals surface area (Å²) in [6.45, 7) is 5.82. The van der Waals surface area contributed by atoms with E-state index < -0.39 is 6.09 Å². The minimum atomic E-state index is -0.893. The van der Waals surface area contributed by atoms with E-state index in [2.05, 4.69) is 20.4 Å². The molecule has 1 aliphatic heterocycles. The zero-order valence-electron chi connectivity index (χ0n) is 15.5. The molecular formula is C17H22N8O2. The van der Waals surface area contributed by atoms with Gasteiger partial charge in [0.1, 0.15) is 12.2 Å². The number of nitrogens with zero attached hydrogens (tertiary/aromatic N) is 7. The standard InChI is InChI=1S/C17H22N8O2/c1-4-25-10(2)12(7-20-25)15-22-13-14(18-9-19-16(13)23(15)3)21-11-5-6-24(8-11)17(26)27/h7,9,11H,4-6,8H2,1-3H3,(H,26,27)(H,18,19,21)/t11-/m0/s1. The first kappa shape index (κ1) is 17.3. The van der Waals surface area contributed by atoms with Crippen LogP contribution in [0.1, 0.15) is 19.0 Å². The maximum Gasteiger partial charge on any atom is 0.407 e. The molecule has 1 atom stereocenters. The van der Waals surface area contributed by atoms with Crippen LogP contribution in [0.4, 0.5) is 10.6 Å². The lowest BCUT2D eigenvalue weighted by molar-refractivity contribution is 0.155. The Balaban J connectivity index is 1.70. The Kier molecular flexibility index (Phi) is 4.17. The number of fused-ring (bicyclic) bond motifs is 1. The van der Waals surface area contributed by atoms with Crippen molar-refractivity contribution in [3.8, 4) is 11.4 Å². The van der Waals surface area contributed by atoms with Crippen molar-refractivity contribution < 1.29 is 9.90 Å². The number of imidazole rings is 1. The molecule has 1 fully saturated rings. The molecule has 1 amide bonds. The van der Waals surface area contributed by atoms with E-state index in [9.17, 15) is 4.79 Å². The van der Waals surface area contributed by atoms with Crippen LogP contribution in [0.15, 0.2) is 12.5 Å². The number of anilines is 1. The van der Waals surface area contributed by atoms with Crippen LogP contribution in [-0.4, -0.2) is 64.5 Å². The molecule has 27 heavy (non-hydrogen) atoms. The van der Waals surface area contributed by atoms with Gasteiger partial charge in [-0.15, -0.1) is 0 Å². The third-order valence-electron chi connectivity index (χ3n) is 5.10. The Bertz CT molecular complexity index is 1010. The molecule has 0 saturated carbocycles. The second-order valence-electron chi connectivity index (χ2n) is 6.71. The summed E-state index contributed by atoms with van der Waals surface area (Å²) in [4.78, 5) is 26.0. The summed E-state index contributed by atoms with van der Waals surface area (Å²) < 4.78 is 3.86. The molecule has 10 nitrogen and oxygen atoms in total. The van der Waals surface area contributed by atoms with E-state index in [1.807, 2.05) is 36.3 Å². The molecule has 3 aromatic heterocycles. The Morgan fingerprint density at radius 3 is 2.89 bits per heavy atom. The molecule has 0 aliphatic carbocycles. The fourth-order valence-electron chi connectivity index (χ4n) is 3.58. The maximum absolute atomic E-state index is 11.1. The van der Waals surface area contributed by atoms with Crippen LogP contribution in [-0.2, 0) is 13.6 Å². The lowest BCUT2D eigenvalue weighted by Crippen LogP contribution is -2.30. The first-order chi connectivity index (χ1) is 13.0. The fraction of sp³-hybridized carbons (Fsp3) is 0.471. The highest BCUT2D eigenvalue weighted by molar-refractivity contribution is 5.86. The van der Waals surface area contributed by atoms with Gasteiger partial charge in [0.25, 0.3) is 0 Å². The Labute approximate surface area is 155 Å². The first-order valence-corrected chi connectivity index (χ1v) is 8.94. The van der Waals surface area contributed by atoms with E-state index in [-0.39, 0.29) is 6.04 Å². The molecule has 4 rings (SSSR count). The number of amides is 1. The van der Waals surface area contributed by atoms with Crippen molar-refractivity contribution in [1.82, 2.24) is 34.2 Å². The van der Waals surface area contributed by atoms with Gasteiger partial charge in [0.15, 0.2) is 17.0 Å². The number of rotatable bonds is 4. The van der Waals surface area contributed by atoms with Gasteiger partial charge in [0, 0.05) is 38.4 Å². The van der Waals surface area contributed by atoms with Gasteiger partial charge < -0.3 is 19.9 Å². The average molecular weight is 370 g/mol. The van der Waals surface area contributed by atoms with Gasteiger partial charge in [-0.05, 0) is 20.3 Å². The summed E-state index contributed by atoms with van der Waals surface area (Å²) in [7, 11) is 1.92. The number of aryl methyl sites for hydroxylation is 2. The molecule has 0 bridgehead atoms. The molecule has 10 heteroatoms. The highest BCUT2D eigenvalue weighted by Gasteiger charge is 2.27. The normalized spacial score (nSPS) is 17.0. The molecule has 4 heterocycles. The van der Waals surface area contributed by atoms with Gasteiger partial charge in [-0.3, -0.25) is 4.68 Å². The monoisotopic (exact) mass is 370 g/mol. The zero-order valence-corrected chi connectivity index (χ0v) is 15.5. The Morgan fingerprint density at radius 1 is 1.41 bits per heavy atom. The molecule has 3 aromatic rings. The van der Waals surface area contributed by atoms with Crippen LogP contribution in [0, 0.1) is 6.92 Å². The summed E-state index contributed by atoms with van der Waals surface area (Å²) in [5.74, 6) is 1.41. The van der Waals surface area contributed by atoms with Crippen molar-refractivity contribution in [3.63, 3.8) is 0 Å². The van der Waals surface area contributed by atoms with E-state index in [4.69, 9.17) is 10.1 Å². The smallest absolute Gasteiger partial charge is 0.407 e. The van der Waals surface area contributed by atoms with Crippen LogP contribution in [0.5, 0.6) is 0 Å². The van der Waals surface area contributed by atoms with Crippen LogP contribution >= 0.6 is 0 Å². The van der Waals surface area contributed by atoms with Gasteiger partial charge in [-0.2, -0.15) is 5.10 Å². The topological polar surface area (TPSA) is 114 Å². The molecular weight excluding hydrogens is 348 g/mol. The molecule has 0 aromatic carbocycles. The van der Waals surface area contributed by atoms with Gasteiger partial charge in [-0.1, -0.05) is 0 Å². The number of carbonyl (C=O) groups is 1. The van der Waals surface area contributed by atoms with E-state index in [0.717, 1.165) is 35.7 Å². The van der Waals surface area contributed by atoms with Gasteiger partial charge in [0.2, 0.25) is 0 Å². The first-order valence-electron chi connectivity index (χ1n) is 8.94. The van der Waals surface area contributed by atoms with Crippen molar-refractivity contribution in [3.05, 3.63) is 18.2 Å². The predicted octanol–water partition coefficient (Wildman–Crippen LogP) is 1.72. The summed E-state index contributed by atoms with van der Waals surface area (Å²) in [6.07, 6.45) is 3.17. The predicted molar refractivity (Wildman–Crippen MR) is 99.6 cm³/mol. The number of hydrogen-bond donors (Lipinski definition) is 2. The number of carboxylic acid groups (broad SMARTS) is 1. The molecule has 1 aliphatic rings. The van der Waals surface area contributed by atoms with Crippen molar-refractivity contribution in [1.29, 1.82) is 0 Å². The Morgan fingerprint density at radius 2 is 2.22 bits per heavy atom.